The standard InChI is InChI=1S/C8H10ClN3O3/c9-7-6(8(13)14)10-11-12(7)4-5-2-1-3-15-5/h5H,1-4H2,(H,13,14). The lowest BCUT2D eigenvalue weighted by Gasteiger charge is -2.08. The molecule has 0 amide bonds. The van der Waals surface area contributed by atoms with Crippen molar-refractivity contribution in [2.24, 2.45) is 0 Å². The van der Waals surface area contributed by atoms with Gasteiger partial charge in [0.05, 0.1) is 12.6 Å². The predicted octanol–water partition coefficient (Wildman–Crippen LogP) is 0.809. The van der Waals surface area contributed by atoms with Gasteiger partial charge < -0.3 is 9.84 Å². The Morgan fingerprint density at radius 3 is 3.07 bits per heavy atom. The summed E-state index contributed by atoms with van der Waals surface area (Å²) in [5.74, 6) is -1.17. The van der Waals surface area contributed by atoms with Crippen LogP contribution in [-0.4, -0.2) is 38.8 Å². The van der Waals surface area contributed by atoms with Crippen LogP contribution in [0.1, 0.15) is 23.3 Å². The van der Waals surface area contributed by atoms with E-state index in [0.29, 0.717) is 6.54 Å². The largest absolute Gasteiger partial charge is 0.476 e. The summed E-state index contributed by atoms with van der Waals surface area (Å²) in [6.45, 7) is 1.20. The van der Waals surface area contributed by atoms with Crippen molar-refractivity contribution in [1.29, 1.82) is 0 Å². The van der Waals surface area contributed by atoms with Gasteiger partial charge in [-0.05, 0) is 12.8 Å². The molecule has 15 heavy (non-hydrogen) atoms. The van der Waals surface area contributed by atoms with Gasteiger partial charge in [0, 0.05) is 6.61 Å². The Morgan fingerprint density at radius 1 is 1.73 bits per heavy atom. The fraction of sp³-hybridized carbons (Fsp3) is 0.625. The summed E-state index contributed by atoms with van der Waals surface area (Å²) < 4.78 is 6.75. The third kappa shape index (κ3) is 2.10. The third-order valence-corrected chi connectivity index (χ3v) is 2.65. The van der Waals surface area contributed by atoms with Gasteiger partial charge in [0.1, 0.15) is 0 Å². The highest BCUT2D eigenvalue weighted by atomic mass is 35.5. The molecule has 6 nitrogen and oxygen atoms in total. The average Bonchev–Trinajstić information content (AvgIpc) is 2.78. The molecule has 0 aromatic carbocycles. The van der Waals surface area contributed by atoms with E-state index in [0.717, 1.165) is 19.4 Å². The van der Waals surface area contributed by atoms with E-state index >= 15 is 0 Å². The first-order chi connectivity index (χ1) is 7.18. The Morgan fingerprint density at radius 2 is 2.53 bits per heavy atom. The first-order valence-corrected chi connectivity index (χ1v) is 5.00. The average molecular weight is 232 g/mol. The Hall–Kier alpha value is -1.14. The van der Waals surface area contributed by atoms with Crippen LogP contribution in [0.3, 0.4) is 0 Å². The van der Waals surface area contributed by atoms with Crippen LogP contribution in [0, 0.1) is 0 Å². The zero-order valence-electron chi connectivity index (χ0n) is 7.89. The van der Waals surface area contributed by atoms with Crippen LogP contribution in [0.15, 0.2) is 0 Å². The highest BCUT2D eigenvalue weighted by Gasteiger charge is 2.21. The van der Waals surface area contributed by atoms with Gasteiger partial charge in [0.15, 0.2) is 5.15 Å². The number of rotatable bonds is 3. The highest BCUT2D eigenvalue weighted by molar-refractivity contribution is 6.32. The maximum atomic E-state index is 10.6. The van der Waals surface area contributed by atoms with Gasteiger partial charge >= 0.3 is 5.97 Å². The van der Waals surface area contributed by atoms with E-state index in [1.54, 1.807) is 0 Å². The number of halogens is 1. The molecule has 1 saturated heterocycles. The lowest BCUT2D eigenvalue weighted by atomic mass is 10.2. The fourth-order valence-electron chi connectivity index (χ4n) is 1.53. The van der Waals surface area contributed by atoms with Gasteiger partial charge in [0.25, 0.3) is 0 Å². The molecule has 1 N–H and O–H groups in total. The first kappa shape index (κ1) is 10.4. The Bertz CT molecular complexity index is 373. The van der Waals surface area contributed by atoms with E-state index in [2.05, 4.69) is 10.3 Å². The van der Waals surface area contributed by atoms with Crippen molar-refractivity contribution < 1.29 is 14.6 Å². The van der Waals surface area contributed by atoms with E-state index in [1.165, 1.54) is 4.68 Å². The number of hydrogen-bond acceptors (Lipinski definition) is 4. The molecule has 1 fully saturated rings. The Kier molecular flexibility index (Phi) is 2.88. The van der Waals surface area contributed by atoms with Crippen LogP contribution < -0.4 is 0 Å². The second-order valence-corrected chi connectivity index (χ2v) is 3.71. The zero-order valence-corrected chi connectivity index (χ0v) is 8.65. The maximum absolute atomic E-state index is 10.6. The highest BCUT2D eigenvalue weighted by Crippen LogP contribution is 2.18. The van der Waals surface area contributed by atoms with Crippen LogP contribution in [0.5, 0.6) is 0 Å². The number of hydrogen-bond donors (Lipinski definition) is 1. The third-order valence-electron chi connectivity index (χ3n) is 2.28. The lowest BCUT2D eigenvalue weighted by molar-refractivity contribution is 0.0690. The number of nitrogens with zero attached hydrogens (tertiary/aromatic N) is 3. The molecule has 82 valence electrons. The van der Waals surface area contributed by atoms with Crippen molar-refractivity contribution in [3.8, 4) is 0 Å². The topological polar surface area (TPSA) is 77.2 Å². The van der Waals surface area contributed by atoms with Crippen molar-refractivity contribution in [3.05, 3.63) is 10.8 Å². The van der Waals surface area contributed by atoms with Crippen molar-refractivity contribution in [2.45, 2.75) is 25.5 Å². The molecule has 0 saturated carbocycles. The van der Waals surface area contributed by atoms with Crippen molar-refractivity contribution >= 4 is 17.6 Å². The number of carbonyl (C=O) groups is 1. The second kappa shape index (κ2) is 4.16. The molecule has 0 spiro atoms. The van der Waals surface area contributed by atoms with Crippen LogP contribution >= 0.6 is 11.6 Å². The monoisotopic (exact) mass is 231 g/mol. The van der Waals surface area contributed by atoms with Crippen LogP contribution in [0.25, 0.3) is 0 Å². The number of aromatic nitrogens is 3. The maximum Gasteiger partial charge on any atom is 0.359 e. The van der Waals surface area contributed by atoms with Crippen LogP contribution in [-0.2, 0) is 11.3 Å². The Balaban J connectivity index is 2.11. The number of carboxylic acids is 1. The SMILES string of the molecule is O=C(O)c1nnn(CC2CCCO2)c1Cl. The minimum Gasteiger partial charge on any atom is -0.476 e. The molecule has 1 aliphatic heterocycles. The quantitative estimate of drug-likeness (QED) is 0.833. The molecule has 1 aromatic rings. The molecule has 1 unspecified atom stereocenters. The first-order valence-electron chi connectivity index (χ1n) is 4.62. The van der Waals surface area contributed by atoms with Crippen LogP contribution in [0.4, 0.5) is 0 Å². The lowest BCUT2D eigenvalue weighted by Crippen LogP contribution is -2.16. The summed E-state index contributed by atoms with van der Waals surface area (Å²) in [5, 5.41) is 15.9. The van der Waals surface area contributed by atoms with E-state index < -0.39 is 5.97 Å². The molecule has 1 aromatic heterocycles. The Labute approximate surface area is 90.8 Å². The summed E-state index contributed by atoms with van der Waals surface area (Å²) >= 11 is 5.80. The van der Waals surface area contributed by atoms with Gasteiger partial charge in [-0.2, -0.15) is 0 Å². The molecule has 7 heteroatoms. The van der Waals surface area contributed by atoms with Gasteiger partial charge in [-0.15, -0.1) is 5.10 Å². The van der Waals surface area contributed by atoms with E-state index in [4.69, 9.17) is 21.4 Å². The van der Waals surface area contributed by atoms with Crippen molar-refractivity contribution in [1.82, 2.24) is 15.0 Å². The molecular formula is C8H10ClN3O3. The summed E-state index contributed by atoms with van der Waals surface area (Å²) in [4.78, 5) is 10.6. The number of ether oxygens (including phenoxy) is 1. The fourth-order valence-corrected chi connectivity index (χ4v) is 1.75. The number of carboxylic acid groups (broad SMARTS) is 1. The van der Waals surface area contributed by atoms with Gasteiger partial charge in [-0.25, -0.2) is 9.48 Å². The van der Waals surface area contributed by atoms with E-state index in [9.17, 15) is 4.79 Å². The van der Waals surface area contributed by atoms with E-state index in [1.807, 2.05) is 0 Å². The molecule has 2 rings (SSSR count). The van der Waals surface area contributed by atoms with Gasteiger partial charge in [-0.3, -0.25) is 0 Å². The molecule has 0 bridgehead atoms. The normalized spacial score (nSPS) is 20.7. The second-order valence-electron chi connectivity index (χ2n) is 3.35. The molecule has 1 atom stereocenters. The zero-order chi connectivity index (χ0) is 10.8. The smallest absolute Gasteiger partial charge is 0.359 e. The predicted molar refractivity (Wildman–Crippen MR) is 51.0 cm³/mol. The molecule has 2 heterocycles. The van der Waals surface area contributed by atoms with Crippen LogP contribution in [0.2, 0.25) is 5.15 Å². The molecule has 0 radical (unpaired) electrons. The molecule has 1 aliphatic rings. The van der Waals surface area contributed by atoms with E-state index in [-0.39, 0.29) is 17.0 Å². The summed E-state index contributed by atoms with van der Waals surface area (Å²) in [5.41, 5.74) is -0.213. The summed E-state index contributed by atoms with van der Waals surface area (Å²) in [6, 6.07) is 0. The van der Waals surface area contributed by atoms with Gasteiger partial charge in [0.2, 0.25) is 5.69 Å². The molecule has 0 aliphatic carbocycles. The van der Waals surface area contributed by atoms with Crippen molar-refractivity contribution in [3.63, 3.8) is 0 Å². The minimum absolute atomic E-state index is 0.0537. The van der Waals surface area contributed by atoms with Crippen molar-refractivity contribution in [2.75, 3.05) is 6.61 Å². The number of aromatic carboxylic acids is 1. The van der Waals surface area contributed by atoms with Gasteiger partial charge in [-0.1, -0.05) is 16.8 Å². The summed E-state index contributed by atoms with van der Waals surface area (Å²) in [6.07, 6.45) is 2.02. The summed E-state index contributed by atoms with van der Waals surface area (Å²) in [7, 11) is 0. The molecular weight excluding hydrogens is 222 g/mol. The minimum atomic E-state index is -1.17.